The molecule has 3 aromatic rings. The van der Waals surface area contributed by atoms with E-state index in [4.69, 9.17) is 5.26 Å². The summed E-state index contributed by atoms with van der Waals surface area (Å²) in [7, 11) is -1.45. The average molecular weight is 438 g/mol. The number of aromatic amines is 1. The lowest BCUT2D eigenvalue weighted by atomic mass is 10.1. The van der Waals surface area contributed by atoms with Crippen LogP contribution in [0.4, 0.5) is 0 Å². The Bertz CT molecular complexity index is 1260. The van der Waals surface area contributed by atoms with Gasteiger partial charge in [0.2, 0.25) is 0 Å². The normalized spacial score (nSPS) is 15.5. The van der Waals surface area contributed by atoms with Crippen molar-refractivity contribution in [3.05, 3.63) is 54.4 Å². The van der Waals surface area contributed by atoms with Gasteiger partial charge in [0, 0.05) is 43.3 Å². The van der Waals surface area contributed by atoms with E-state index < -0.39 is 9.84 Å². The molecule has 1 aliphatic rings. The minimum Gasteiger partial charge on any atom is -0.494 e. The summed E-state index contributed by atoms with van der Waals surface area (Å²) in [6, 6.07) is 10.2. The molecule has 0 aliphatic carbocycles. The highest BCUT2D eigenvalue weighted by atomic mass is 32.2. The van der Waals surface area contributed by atoms with Crippen LogP contribution in [0.25, 0.3) is 22.2 Å². The van der Waals surface area contributed by atoms with E-state index >= 15 is 0 Å². The number of piperazine rings is 1. The number of hydrogen-bond donors (Lipinski definition) is 2. The highest BCUT2D eigenvalue weighted by molar-refractivity contribution is 7.91. The van der Waals surface area contributed by atoms with E-state index in [0.717, 1.165) is 26.2 Å². The Morgan fingerprint density at radius 3 is 2.68 bits per heavy atom. The first-order chi connectivity index (χ1) is 14.9. The molecule has 160 valence electrons. The Morgan fingerprint density at radius 2 is 2.00 bits per heavy atom. The van der Waals surface area contributed by atoms with Crippen LogP contribution >= 0.6 is 0 Å². The lowest BCUT2D eigenvalue weighted by Gasteiger charge is -2.31. The maximum Gasteiger partial charge on any atom is 0.199 e. The van der Waals surface area contributed by atoms with Crippen molar-refractivity contribution in [3.8, 4) is 23.2 Å². The number of H-pyrrole nitrogens is 1. The number of nitrogens with one attached hydrogen (secondary N) is 1. The topological polar surface area (TPSA) is 113 Å². The number of nitrogens with zero attached hydrogens (tertiary/aromatic N) is 4. The number of sulfone groups is 1. The fourth-order valence-corrected chi connectivity index (χ4v) is 4.63. The molecule has 3 heterocycles. The zero-order chi connectivity index (χ0) is 22.0. The molecule has 1 aliphatic heterocycles. The van der Waals surface area contributed by atoms with Crippen molar-refractivity contribution < 1.29 is 13.5 Å². The fourth-order valence-electron chi connectivity index (χ4n) is 3.60. The van der Waals surface area contributed by atoms with Gasteiger partial charge in [-0.05, 0) is 43.6 Å². The zero-order valence-corrected chi connectivity index (χ0v) is 17.9. The number of likely N-dealkylation sites (N-methyl/N-ethyl adjacent to an activating group) is 1. The predicted molar refractivity (Wildman–Crippen MR) is 118 cm³/mol. The van der Waals surface area contributed by atoms with E-state index in [-0.39, 0.29) is 16.5 Å². The predicted octanol–water partition coefficient (Wildman–Crippen LogP) is 2.34. The van der Waals surface area contributed by atoms with Crippen molar-refractivity contribution in [3.63, 3.8) is 0 Å². The van der Waals surface area contributed by atoms with Gasteiger partial charge in [0.05, 0.1) is 33.5 Å². The van der Waals surface area contributed by atoms with Crippen LogP contribution in [-0.2, 0) is 9.84 Å². The van der Waals surface area contributed by atoms with Gasteiger partial charge in [-0.2, -0.15) is 5.26 Å². The molecule has 31 heavy (non-hydrogen) atoms. The number of hydrogen-bond acceptors (Lipinski definition) is 7. The van der Waals surface area contributed by atoms with Gasteiger partial charge >= 0.3 is 0 Å². The minimum atomic E-state index is -3.52. The van der Waals surface area contributed by atoms with Crippen LogP contribution in [0.15, 0.2) is 53.7 Å². The van der Waals surface area contributed by atoms with E-state index in [1.54, 1.807) is 30.3 Å². The summed E-state index contributed by atoms with van der Waals surface area (Å²) in [5.74, 6) is -0.187. The van der Waals surface area contributed by atoms with Crippen LogP contribution in [0.3, 0.4) is 0 Å². The second kappa shape index (κ2) is 8.41. The number of nitriles is 1. The quantitative estimate of drug-likeness (QED) is 0.630. The van der Waals surface area contributed by atoms with Gasteiger partial charge in [0.1, 0.15) is 0 Å². The lowest BCUT2D eigenvalue weighted by molar-refractivity contribution is 0.198. The fraction of sp³-hybridized carbons (Fsp3) is 0.273. The second-order valence-electron chi connectivity index (χ2n) is 7.61. The van der Waals surface area contributed by atoms with Crippen LogP contribution in [0, 0.1) is 11.3 Å². The molecule has 1 fully saturated rings. The highest BCUT2D eigenvalue weighted by Crippen LogP contribution is 2.36. The first kappa shape index (κ1) is 20.9. The third kappa shape index (κ3) is 4.40. The SMILES string of the molecule is CN1CCN(C=CCS(=O)(=O)c2ccc(-c3c(O)[nH]c4ccc(C#N)cc34)nc2)CC1. The van der Waals surface area contributed by atoms with E-state index in [0.29, 0.717) is 27.7 Å². The van der Waals surface area contributed by atoms with E-state index in [1.165, 1.54) is 12.3 Å². The maximum atomic E-state index is 12.7. The first-order valence-electron chi connectivity index (χ1n) is 9.90. The molecule has 0 atom stereocenters. The summed E-state index contributed by atoms with van der Waals surface area (Å²) in [5.41, 5.74) is 1.98. The molecule has 0 radical (unpaired) electrons. The third-order valence-electron chi connectivity index (χ3n) is 5.43. The highest BCUT2D eigenvalue weighted by Gasteiger charge is 2.18. The van der Waals surface area contributed by atoms with E-state index in [9.17, 15) is 13.5 Å². The molecular formula is C22H23N5O3S. The molecule has 0 amide bonds. The van der Waals surface area contributed by atoms with E-state index in [1.807, 2.05) is 6.20 Å². The molecule has 0 saturated carbocycles. The summed E-state index contributed by atoms with van der Waals surface area (Å²) < 4.78 is 25.4. The molecule has 0 bridgehead atoms. The van der Waals surface area contributed by atoms with Crippen LogP contribution in [-0.4, -0.2) is 72.3 Å². The van der Waals surface area contributed by atoms with Crippen LogP contribution in [0.2, 0.25) is 0 Å². The Kier molecular flexibility index (Phi) is 5.67. The Hall–Kier alpha value is -3.35. The second-order valence-corrected chi connectivity index (χ2v) is 9.64. The van der Waals surface area contributed by atoms with Gasteiger partial charge < -0.3 is 19.9 Å². The van der Waals surface area contributed by atoms with Crippen LogP contribution in [0.1, 0.15) is 5.56 Å². The van der Waals surface area contributed by atoms with Crippen molar-refractivity contribution in [1.29, 1.82) is 5.26 Å². The Morgan fingerprint density at radius 1 is 1.23 bits per heavy atom. The number of rotatable bonds is 5. The summed E-state index contributed by atoms with van der Waals surface area (Å²) in [6.07, 6.45) is 4.83. The summed E-state index contributed by atoms with van der Waals surface area (Å²) >= 11 is 0. The smallest absolute Gasteiger partial charge is 0.199 e. The molecule has 1 saturated heterocycles. The molecule has 2 aromatic heterocycles. The third-order valence-corrected chi connectivity index (χ3v) is 7.02. The Balaban J connectivity index is 1.53. The number of aromatic hydroxyl groups is 1. The van der Waals surface area contributed by atoms with Gasteiger partial charge in [0.15, 0.2) is 15.7 Å². The zero-order valence-electron chi connectivity index (χ0n) is 17.1. The van der Waals surface area contributed by atoms with Gasteiger partial charge in [-0.3, -0.25) is 4.98 Å². The molecule has 0 spiro atoms. The molecule has 9 heteroatoms. The van der Waals surface area contributed by atoms with Crippen molar-refractivity contribution in [2.24, 2.45) is 0 Å². The molecule has 2 N–H and O–H groups in total. The van der Waals surface area contributed by atoms with Crippen molar-refractivity contribution in [1.82, 2.24) is 19.8 Å². The van der Waals surface area contributed by atoms with Crippen molar-refractivity contribution >= 4 is 20.7 Å². The molecular weight excluding hydrogens is 414 g/mol. The molecule has 0 unspecified atom stereocenters. The van der Waals surface area contributed by atoms with Crippen molar-refractivity contribution in [2.45, 2.75) is 4.90 Å². The Labute approximate surface area is 181 Å². The number of aromatic nitrogens is 2. The lowest BCUT2D eigenvalue weighted by Crippen LogP contribution is -2.41. The minimum absolute atomic E-state index is 0.0803. The van der Waals surface area contributed by atoms with Gasteiger partial charge in [-0.15, -0.1) is 0 Å². The molecule has 4 rings (SSSR count). The number of pyridine rings is 1. The van der Waals surface area contributed by atoms with Crippen molar-refractivity contribution in [2.75, 3.05) is 39.0 Å². The summed E-state index contributed by atoms with van der Waals surface area (Å²) in [4.78, 5) is 11.6. The number of fused-ring (bicyclic) bond motifs is 1. The molecule has 8 nitrogen and oxygen atoms in total. The molecule has 1 aromatic carbocycles. The van der Waals surface area contributed by atoms with E-state index in [2.05, 4.69) is 32.9 Å². The first-order valence-corrected chi connectivity index (χ1v) is 11.6. The van der Waals surface area contributed by atoms with Gasteiger partial charge in [-0.25, -0.2) is 8.42 Å². The maximum absolute atomic E-state index is 12.7. The largest absolute Gasteiger partial charge is 0.494 e. The standard InChI is InChI=1S/C22H23N5O3S/c1-26-8-10-27(11-9-26)7-2-12-31(29,30)17-4-6-20(24-15-17)21-18-13-16(14-23)3-5-19(18)25-22(21)28/h2-7,13,15,25,28H,8-12H2,1H3. The van der Waals surface area contributed by atoms with Gasteiger partial charge in [0.25, 0.3) is 0 Å². The number of benzene rings is 1. The average Bonchev–Trinajstić information content (AvgIpc) is 3.10. The van der Waals surface area contributed by atoms with Crippen LogP contribution in [0.5, 0.6) is 5.88 Å². The van der Waals surface area contributed by atoms with Gasteiger partial charge in [-0.1, -0.05) is 6.08 Å². The summed E-state index contributed by atoms with van der Waals surface area (Å²) in [6.45, 7) is 3.67. The summed E-state index contributed by atoms with van der Waals surface area (Å²) in [5, 5.41) is 20.1. The monoisotopic (exact) mass is 437 g/mol. The van der Waals surface area contributed by atoms with Crippen LogP contribution < -0.4 is 0 Å².